The van der Waals surface area contributed by atoms with Crippen LogP contribution in [0.1, 0.15) is 43.0 Å². The first-order valence-electron chi connectivity index (χ1n) is 8.12. The normalized spacial score (nSPS) is 15.5. The van der Waals surface area contributed by atoms with Crippen LogP contribution >= 0.6 is 11.3 Å². The molecule has 1 heterocycles. The highest BCUT2D eigenvalue weighted by atomic mass is 32.2. The molecule has 0 spiro atoms. The molecule has 0 amide bonds. The summed E-state index contributed by atoms with van der Waals surface area (Å²) in [7, 11) is -3.40. The van der Waals surface area contributed by atoms with Crippen molar-refractivity contribution in [2.24, 2.45) is 0 Å². The molecule has 124 valence electrons. The van der Waals surface area contributed by atoms with Crippen molar-refractivity contribution < 1.29 is 8.42 Å². The number of benzene rings is 1. The lowest BCUT2D eigenvalue weighted by Gasteiger charge is -2.22. The van der Waals surface area contributed by atoms with Gasteiger partial charge in [-0.3, -0.25) is 0 Å². The van der Waals surface area contributed by atoms with Gasteiger partial charge in [0.15, 0.2) is 0 Å². The van der Waals surface area contributed by atoms with Gasteiger partial charge >= 0.3 is 0 Å². The molecule has 3 nitrogen and oxygen atoms in total. The number of nitrogens with zero attached hydrogens (tertiary/aromatic N) is 1. The number of thiophene rings is 1. The molecule has 0 saturated heterocycles. The highest BCUT2D eigenvalue weighted by Crippen LogP contribution is 2.32. The molecule has 1 aliphatic carbocycles. The van der Waals surface area contributed by atoms with Crippen molar-refractivity contribution in [1.29, 1.82) is 0 Å². The number of hydrogen-bond acceptors (Lipinski definition) is 3. The Morgan fingerprint density at radius 1 is 1.17 bits per heavy atom. The van der Waals surface area contributed by atoms with E-state index in [0.29, 0.717) is 17.4 Å². The topological polar surface area (TPSA) is 37.4 Å². The summed E-state index contributed by atoms with van der Waals surface area (Å²) in [6, 6.07) is 11.6. The van der Waals surface area contributed by atoms with E-state index in [1.807, 2.05) is 23.6 Å². The summed E-state index contributed by atoms with van der Waals surface area (Å²) >= 11 is 1.69. The van der Waals surface area contributed by atoms with Crippen LogP contribution in [0.2, 0.25) is 0 Å². The first-order valence-corrected chi connectivity index (χ1v) is 10.4. The van der Waals surface area contributed by atoms with Gasteiger partial charge in [0.05, 0.1) is 4.90 Å². The molecule has 1 aromatic carbocycles. The van der Waals surface area contributed by atoms with Crippen LogP contribution in [0.15, 0.2) is 46.7 Å². The molecule has 5 heteroatoms. The Morgan fingerprint density at radius 3 is 2.39 bits per heavy atom. The predicted octanol–water partition coefficient (Wildman–Crippen LogP) is 4.27. The van der Waals surface area contributed by atoms with Crippen molar-refractivity contribution in [1.82, 2.24) is 4.31 Å². The summed E-state index contributed by atoms with van der Waals surface area (Å²) < 4.78 is 27.7. The van der Waals surface area contributed by atoms with Gasteiger partial charge in [0.25, 0.3) is 0 Å². The van der Waals surface area contributed by atoms with Crippen LogP contribution in [0.3, 0.4) is 0 Å². The van der Waals surface area contributed by atoms with E-state index in [-0.39, 0.29) is 6.04 Å². The molecule has 1 aromatic heterocycles. The molecule has 1 aliphatic rings. The maximum Gasteiger partial charge on any atom is 0.243 e. The van der Waals surface area contributed by atoms with E-state index >= 15 is 0 Å². The minimum Gasteiger partial charge on any atom is -0.207 e. The first-order chi connectivity index (χ1) is 11.0. The van der Waals surface area contributed by atoms with E-state index in [0.717, 1.165) is 19.3 Å². The molecule has 0 N–H and O–H groups in total. The molecule has 0 unspecified atom stereocenters. The van der Waals surface area contributed by atoms with E-state index in [2.05, 4.69) is 19.9 Å². The van der Waals surface area contributed by atoms with Crippen molar-refractivity contribution in [2.75, 3.05) is 6.54 Å². The first kappa shape index (κ1) is 16.7. The lowest BCUT2D eigenvalue weighted by Crippen LogP contribution is -2.34. The van der Waals surface area contributed by atoms with Crippen molar-refractivity contribution >= 4 is 21.4 Å². The third-order valence-corrected chi connectivity index (χ3v) is 7.17. The van der Waals surface area contributed by atoms with E-state index in [1.165, 1.54) is 10.4 Å². The zero-order chi connectivity index (χ0) is 16.4. The van der Waals surface area contributed by atoms with Crippen LogP contribution < -0.4 is 0 Å². The molecule has 0 aliphatic heterocycles. The summed E-state index contributed by atoms with van der Waals surface area (Å²) in [5.41, 5.74) is 1.17. The van der Waals surface area contributed by atoms with E-state index in [4.69, 9.17) is 0 Å². The Bertz CT molecular complexity index is 730. The second-order valence-electron chi connectivity index (χ2n) is 6.40. The van der Waals surface area contributed by atoms with Crippen molar-refractivity contribution in [2.45, 2.75) is 50.0 Å². The molecular formula is C18H23NO2S2. The van der Waals surface area contributed by atoms with Gasteiger partial charge in [-0.25, -0.2) is 8.42 Å². The highest BCUT2D eigenvalue weighted by Gasteiger charge is 2.37. The molecule has 23 heavy (non-hydrogen) atoms. The smallest absolute Gasteiger partial charge is 0.207 e. The van der Waals surface area contributed by atoms with Gasteiger partial charge in [0, 0.05) is 17.5 Å². The fourth-order valence-corrected chi connectivity index (χ4v) is 5.08. The van der Waals surface area contributed by atoms with Gasteiger partial charge in [-0.05, 0) is 54.3 Å². The van der Waals surface area contributed by atoms with Crippen LogP contribution in [-0.2, 0) is 16.4 Å². The highest BCUT2D eigenvalue weighted by molar-refractivity contribution is 7.89. The Morgan fingerprint density at radius 2 is 1.87 bits per heavy atom. The van der Waals surface area contributed by atoms with Crippen LogP contribution in [0, 0.1) is 0 Å². The standard InChI is InChI=1S/C18H23NO2S2/c1-14(2)15-5-9-18(10-6-15)23(20,21)19(16-7-8-16)12-11-17-4-3-13-22-17/h3-6,9-10,13-14,16H,7-8,11-12H2,1-2H3. The Labute approximate surface area is 143 Å². The lowest BCUT2D eigenvalue weighted by atomic mass is 10.0. The maximum atomic E-state index is 13.0. The van der Waals surface area contributed by atoms with Crippen molar-refractivity contribution in [3.8, 4) is 0 Å². The van der Waals surface area contributed by atoms with Gasteiger partial charge < -0.3 is 0 Å². The van der Waals surface area contributed by atoms with Gasteiger partial charge in [-0.15, -0.1) is 11.3 Å². The summed E-state index contributed by atoms with van der Waals surface area (Å²) in [5.74, 6) is 0.408. The molecule has 1 fully saturated rings. The summed E-state index contributed by atoms with van der Waals surface area (Å²) in [6.07, 6.45) is 2.75. The fourth-order valence-electron chi connectivity index (χ4n) is 2.70. The summed E-state index contributed by atoms with van der Waals surface area (Å²) in [6.45, 7) is 4.79. The molecule has 0 radical (unpaired) electrons. The van der Waals surface area contributed by atoms with Crippen molar-refractivity contribution in [3.63, 3.8) is 0 Å². The number of rotatable bonds is 7. The molecule has 0 atom stereocenters. The Hall–Kier alpha value is -1.17. The van der Waals surface area contributed by atoms with Crippen molar-refractivity contribution in [3.05, 3.63) is 52.2 Å². The van der Waals surface area contributed by atoms with Gasteiger partial charge in [-0.1, -0.05) is 32.0 Å². The number of hydrogen-bond donors (Lipinski definition) is 0. The van der Waals surface area contributed by atoms with Crippen LogP contribution in [0.5, 0.6) is 0 Å². The second kappa shape index (κ2) is 6.75. The minimum atomic E-state index is -3.40. The summed E-state index contributed by atoms with van der Waals surface area (Å²) in [4.78, 5) is 1.65. The Balaban J connectivity index is 1.79. The van der Waals surface area contributed by atoms with E-state index in [9.17, 15) is 8.42 Å². The quantitative estimate of drug-likeness (QED) is 0.749. The largest absolute Gasteiger partial charge is 0.243 e. The van der Waals surface area contributed by atoms with Crippen LogP contribution in [0.4, 0.5) is 0 Å². The average molecular weight is 350 g/mol. The zero-order valence-electron chi connectivity index (χ0n) is 13.6. The Kier molecular flexibility index (Phi) is 4.90. The third-order valence-electron chi connectivity index (χ3n) is 4.27. The zero-order valence-corrected chi connectivity index (χ0v) is 15.2. The SMILES string of the molecule is CC(C)c1ccc(S(=O)(=O)N(CCc2cccs2)C2CC2)cc1. The van der Waals surface area contributed by atoms with Crippen LogP contribution in [-0.4, -0.2) is 25.3 Å². The second-order valence-corrected chi connectivity index (χ2v) is 9.32. The van der Waals surface area contributed by atoms with Gasteiger partial charge in [0.2, 0.25) is 10.0 Å². The maximum absolute atomic E-state index is 13.0. The van der Waals surface area contributed by atoms with E-state index < -0.39 is 10.0 Å². The molecule has 1 saturated carbocycles. The minimum absolute atomic E-state index is 0.185. The predicted molar refractivity (Wildman–Crippen MR) is 95.5 cm³/mol. The molecular weight excluding hydrogens is 326 g/mol. The van der Waals surface area contributed by atoms with Gasteiger partial charge in [0.1, 0.15) is 0 Å². The van der Waals surface area contributed by atoms with Gasteiger partial charge in [-0.2, -0.15) is 4.31 Å². The average Bonchev–Trinajstić information content (AvgIpc) is 3.22. The third kappa shape index (κ3) is 3.84. The lowest BCUT2D eigenvalue weighted by molar-refractivity contribution is 0.408. The summed E-state index contributed by atoms with van der Waals surface area (Å²) in [5, 5.41) is 2.04. The van der Waals surface area contributed by atoms with Crippen LogP contribution in [0.25, 0.3) is 0 Å². The molecule has 0 bridgehead atoms. The van der Waals surface area contributed by atoms with E-state index in [1.54, 1.807) is 27.8 Å². The number of sulfonamides is 1. The fraction of sp³-hybridized carbons (Fsp3) is 0.444. The molecule has 2 aromatic rings. The molecule has 3 rings (SSSR count). The monoisotopic (exact) mass is 349 g/mol.